The van der Waals surface area contributed by atoms with Gasteiger partial charge in [0.05, 0.1) is 28.5 Å². The first-order valence-corrected chi connectivity index (χ1v) is 9.76. The van der Waals surface area contributed by atoms with E-state index in [2.05, 4.69) is 15.5 Å². The van der Waals surface area contributed by atoms with Gasteiger partial charge in [-0.15, -0.1) is 0 Å². The molecule has 0 radical (unpaired) electrons. The minimum atomic E-state index is -1.17. The van der Waals surface area contributed by atoms with Crippen molar-refractivity contribution < 1.29 is 9.72 Å². The van der Waals surface area contributed by atoms with Crippen molar-refractivity contribution in [1.29, 1.82) is 0 Å². The monoisotopic (exact) mass is 450 g/mol. The van der Waals surface area contributed by atoms with Crippen molar-refractivity contribution in [2.45, 2.75) is 39.8 Å². The molecule has 0 aliphatic heterocycles. The highest BCUT2D eigenvalue weighted by Gasteiger charge is 2.33. The predicted molar refractivity (Wildman–Crippen MR) is 114 cm³/mol. The maximum absolute atomic E-state index is 13.0. The largest absolute Gasteiger partial charge is 0.321 e. The SMILES string of the molecule is Cc1nn(Cc2c(Cl)cccc2Cl)c(C)c1NC(=O)C(C)(C)n1cc([N+](=O)[O-])cn1. The fourth-order valence-corrected chi connectivity index (χ4v) is 3.47. The summed E-state index contributed by atoms with van der Waals surface area (Å²) in [6.45, 7) is 7.19. The normalized spacial score (nSPS) is 11.5. The number of anilines is 1. The molecule has 0 aliphatic carbocycles. The summed E-state index contributed by atoms with van der Waals surface area (Å²) >= 11 is 12.5. The van der Waals surface area contributed by atoms with Gasteiger partial charge in [0, 0.05) is 15.6 Å². The van der Waals surface area contributed by atoms with Gasteiger partial charge in [0.1, 0.15) is 17.9 Å². The number of nitro groups is 1. The molecule has 0 spiro atoms. The molecule has 0 saturated heterocycles. The van der Waals surface area contributed by atoms with Crippen molar-refractivity contribution >= 4 is 40.5 Å². The van der Waals surface area contributed by atoms with Gasteiger partial charge in [-0.1, -0.05) is 29.3 Å². The highest BCUT2D eigenvalue weighted by atomic mass is 35.5. The van der Waals surface area contributed by atoms with Crippen LogP contribution in [0.4, 0.5) is 11.4 Å². The second-order valence-electron chi connectivity index (χ2n) is 7.32. The lowest BCUT2D eigenvalue weighted by Gasteiger charge is -2.24. The standard InChI is InChI=1S/C19H20Cl2N6O3/c1-11-17(12(2)25(24-11)10-14-15(20)6-5-7-16(14)21)23-18(28)19(3,4)26-9-13(8-22-26)27(29)30/h5-9H,10H2,1-4H3,(H,23,28). The Morgan fingerprint density at radius 1 is 1.27 bits per heavy atom. The zero-order valence-electron chi connectivity index (χ0n) is 16.8. The molecule has 0 bridgehead atoms. The van der Waals surface area contributed by atoms with Crippen LogP contribution in [0.2, 0.25) is 10.0 Å². The molecule has 1 N–H and O–H groups in total. The van der Waals surface area contributed by atoms with Crippen LogP contribution >= 0.6 is 23.2 Å². The number of carbonyl (C=O) groups excluding carboxylic acids is 1. The van der Waals surface area contributed by atoms with E-state index in [1.165, 1.54) is 10.9 Å². The Labute approximate surface area is 182 Å². The number of rotatable bonds is 6. The lowest BCUT2D eigenvalue weighted by Crippen LogP contribution is -2.40. The van der Waals surface area contributed by atoms with Crippen molar-refractivity contribution in [3.05, 3.63) is 67.7 Å². The Kier molecular flexibility index (Phi) is 5.87. The third-order valence-electron chi connectivity index (χ3n) is 4.90. The van der Waals surface area contributed by atoms with E-state index in [0.717, 1.165) is 17.5 Å². The van der Waals surface area contributed by atoms with Gasteiger partial charge in [0.15, 0.2) is 0 Å². The molecule has 3 aromatic rings. The molecule has 0 aliphatic rings. The molecule has 0 atom stereocenters. The third kappa shape index (κ3) is 4.03. The molecule has 1 amide bonds. The molecule has 2 aromatic heterocycles. The second kappa shape index (κ2) is 8.08. The Bertz CT molecular complexity index is 1120. The van der Waals surface area contributed by atoms with Crippen molar-refractivity contribution in [1.82, 2.24) is 19.6 Å². The first-order valence-electron chi connectivity index (χ1n) is 9.00. The van der Waals surface area contributed by atoms with E-state index in [0.29, 0.717) is 28.0 Å². The maximum atomic E-state index is 13.0. The Morgan fingerprint density at radius 3 is 2.47 bits per heavy atom. The second-order valence-corrected chi connectivity index (χ2v) is 8.13. The summed E-state index contributed by atoms with van der Waals surface area (Å²) in [5, 5.41) is 23.3. The van der Waals surface area contributed by atoms with E-state index < -0.39 is 10.5 Å². The third-order valence-corrected chi connectivity index (χ3v) is 5.61. The number of nitrogens with one attached hydrogen (secondary N) is 1. The van der Waals surface area contributed by atoms with Crippen LogP contribution < -0.4 is 5.32 Å². The highest BCUT2D eigenvalue weighted by molar-refractivity contribution is 6.35. The highest BCUT2D eigenvalue weighted by Crippen LogP contribution is 2.28. The van der Waals surface area contributed by atoms with Crippen molar-refractivity contribution in [2.24, 2.45) is 0 Å². The lowest BCUT2D eigenvalue weighted by molar-refractivity contribution is -0.385. The molecular formula is C19H20Cl2N6O3. The minimum Gasteiger partial charge on any atom is -0.321 e. The smallest absolute Gasteiger partial charge is 0.307 e. The van der Waals surface area contributed by atoms with Crippen molar-refractivity contribution in [3.63, 3.8) is 0 Å². The molecule has 2 heterocycles. The van der Waals surface area contributed by atoms with Crippen molar-refractivity contribution in [3.8, 4) is 0 Å². The molecule has 3 rings (SSSR count). The van der Waals surface area contributed by atoms with Crippen LogP contribution in [0.15, 0.2) is 30.6 Å². The van der Waals surface area contributed by atoms with E-state index >= 15 is 0 Å². The first kappa shape index (κ1) is 21.8. The summed E-state index contributed by atoms with van der Waals surface area (Å²) in [7, 11) is 0. The van der Waals surface area contributed by atoms with Crippen LogP contribution in [-0.2, 0) is 16.9 Å². The summed E-state index contributed by atoms with van der Waals surface area (Å²) in [5.41, 5.74) is 1.27. The average Bonchev–Trinajstić information content (AvgIpc) is 3.26. The number of nitrogens with zero attached hydrogens (tertiary/aromatic N) is 5. The molecule has 9 nitrogen and oxygen atoms in total. The summed E-state index contributed by atoms with van der Waals surface area (Å²) in [6, 6.07) is 5.27. The summed E-state index contributed by atoms with van der Waals surface area (Å²) in [4.78, 5) is 23.3. The van der Waals surface area contributed by atoms with Gasteiger partial charge >= 0.3 is 5.69 Å². The number of hydrogen-bond donors (Lipinski definition) is 1. The van der Waals surface area contributed by atoms with Gasteiger partial charge in [0.2, 0.25) is 0 Å². The zero-order valence-corrected chi connectivity index (χ0v) is 18.3. The Morgan fingerprint density at radius 2 is 1.90 bits per heavy atom. The number of aryl methyl sites for hydroxylation is 1. The average molecular weight is 451 g/mol. The Hall–Kier alpha value is -2.91. The minimum absolute atomic E-state index is 0.187. The molecular weight excluding hydrogens is 431 g/mol. The number of amides is 1. The number of halogens is 2. The van der Waals surface area contributed by atoms with Crippen molar-refractivity contribution in [2.75, 3.05) is 5.32 Å². The molecule has 30 heavy (non-hydrogen) atoms. The summed E-state index contributed by atoms with van der Waals surface area (Å²) in [6.07, 6.45) is 2.33. The quantitative estimate of drug-likeness (QED) is 0.443. The van der Waals surface area contributed by atoms with Crippen LogP contribution in [0.5, 0.6) is 0 Å². The number of benzene rings is 1. The molecule has 0 unspecified atom stereocenters. The maximum Gasteiger partial charge on any atom is 0.307 e. The van der Waals surface area contributed by atoms with E-state index in [-0.39, 0.29) is 11.6 Å². The molecule has 0 saturated carbocycles. The van der Waals surface area contributed by atoms with Crippen LogP contribution in [0, 0.1) is 24.0 Å². The van der Waals surface area contributed by atoms with Crippen LogP contribution in [0.25, 0.3) is 0 Å². The van der Waals surface area contributed by atoms with Gasteiger partial charge < -0.3 is 5.32 Å². The topological polar surface area (TPSA) is 108 Å². The summed E-state index contributed by atoms with van der Waals surface area (Å²) in [5.74, 6) is -0.387. The number of carbonyl (C=O) groups is 1. The van der Waals surface area contributed by atoms with E-state index in [1.54, 1.807) is 43.7 Å². The van der Waals surface area contributed by atoms with Gasteiger partial charge in [-0.05, 0) is 39.8 Å². The molecule has 1 aromatic carbocycles. The predicted octanol–water partition coefficient (Wildman–Crippen LogP) is 4.33. The fourth-order valence-electron chi connectivity index (χ4n) is 2.95. The van der Waals surface area contributed by atoms with E-state index in [1.807, 2.05) is 6.92 Å². The van der Waals surface area contributed by atoms with Gasteiger partial charge in [-0.25, -0.2) is 0 Å². The van der Waals surface area contributed by atoms with Crippen LogP contribution in [0.1, 0.15) is 30.8 Å². The first-order chi connectivity index (χ1) is 14.0. The Balaban J connectivity index is 1.86. The molecule has 11 heteroatoms. The lowest BCUT2D eigenvalue weighted by atomic mass is 10.0. The van der Waals surface area contributed by atoms with Gasteiger partial charge in [-0.2, -0.15) is 10.2 Å². The van der Waals surface area contributed by atoms with E-state index in [9.17, 15) is 14.9 Å². The van der Waals surface area contributed by atoms with Gasteiger partial charge in [-0.3, -0.25) is 24.3 Å². The fraction of sp³-hybridized carbons (Fsp3) is 0.316. The molecule has 0 fully saturated rings. The van der Waals surface area contributed by atoms with Gasteiger partial charge in [0.25, 0.3) is 5.91 Å². The molecule has 158 valence electrons. The van der Waals surface area contributed by atoms with Crippen LogP contribution in [-0.4, -0.2) is 30.4 Å². The number of hydrogen-bond acceptors (Lipinski definition) is 5. The number of aromatic nitrogens is 4. The van der Waals surface area contributed by atoms with E-state index in [4.69, 9.17) is 23.2 Å². The summed E-state index contributed by atoms with van der Waals surface area (Å²) < 4.78 is 2.98. The van der Waals surface area contributed by atoms with Crippen LogP contribution in [0.3, 0.4) is 0 Å². The zero-order chi connectivity index (χ0) is 22.2.